The van der Waals surface area contributed by atoms with Gasteiger partial charge in [-0.1, -0.05) is 182 Å². The van der Waals surface area contributed by atoms with Gasteiger partial charge in [-0.2, -0.15) is 9.97 Å². The molecule has 1 aliphatic rings. The van der Waals surface area contributed by atoms with E-state index in [-0.39, 0.29) is 29.5 Å². The van der Waals surface area contributed by atoms with E-state index in [2.05, 4.69) is 15.0 Å². The predicted octanol–water partition coefficient (Wildman–Crippen LogP) is 8.61. The number of hydrogen-bond acceptors (Lipinski definition) is 8. The number of nitrogen functional groups attached to an aromatic ring is 2. The minimum absolute atomic E-state index is 0.0672. The van der Waals surface area contributed by atoms with E-state index < -0.39 is 35.8 Å². The maximum Gasteiger partial charge on any atom is 0.224 e. The van der Waals surface area contributed by atoms with Crippen molar-refractivity contribution in [2.24, 2.45) is 0 Å². The lowest BCUT2D eigenvalue weighted by Crippen LogP contribution is -2.45. The molecule has 6 aromatic carbocycles. The van der Waals surface area contributed by atoms with Gasteiger partial charge in [0.2, 0.25) is 5.95 Å². The molecule has 0 aliphatic carbocycles. The average molecular weight is 769 g/mol. The maximum atomic E-state index is 18.0. The number of halogens is 1. The molecule has 3 heterocycles. The summed E-state index contributed by atoms with van der Waals surface area (Å²) < 4.78 is 41.1. The highest BCUT2D eigenvalue weighted by Gasteiger charge is 2.53. The number of alkyl halides is 1. The molecule has 0 radical (unpaired) electrons. The van der Waals surface area contributed by atoms with Crippen molar-refractivity contribution in [2.45, 2.75) is 35.8 Å². The summed E-state index contributed by atoms with van der Waals surface area (Å²) in [6.45, 7) is -0.0827. The fourth-order valence-corrected chi connectivity index (χ4v) is 8.24. The van der Waals surface area contributed by atoms with Crippen molar-refractivity contribution in [1.29, 1.82) is 0 Å². The highest BCUT2D eigenvalue weighted by atomic mass is 19.1. The molecule has 58 heavy (non-hydrogen) atoms. The molecule has 8 aromatic rings. The number of aromatic nitrogens is 4. The van der Waals surface area contributed by atoms with Gasteiger partial charge in [0.25, 0.3) is 0 Å². The molecule has 1 fully saturated rings. The lowest BCUT2D eigenvalue weighted by Gasteiger charge is -2.40. The van der Waals surface area contributed by atoms with E-state index >= 15 is 4.39 Å². The molecule has 0 saturated carbocycles. The molecule has 10 heteroatoms. The quantitative estimate of drug-likeness (QED) is 0.119. The van der Waals surface area contributed by atoms with Gasteiger partial charge in [-0.15, -0.1) is 0 Å². The number of benzene rings is 6. The van der Waals surface area contributed by atoms with E-state index in [1.807, 2.05) is 182 Å². The Morgan fingerprint density at radius 1 is 0.569 bits per heavy atom. The zero-order chi connectivity index (χ0) is 39.5. The number of nitrogens with zero attached hydrogens (tertiary/aromatic N) is 4. The summed E-state index contributed by atoms with van der Waals surface area (Å²) >= 11 is 0. The van der Waals surface area contributed by atoms with Crippen LogP contribution < -0.4 is 11.5 Å². The van der Waals surface area contributed by atoms with E-state index in [9.17, 15) is 0 Å². The first-order valence-corrected chi connectivity index (χ1v) is 19.2. The third kappa shape index (κ3) is 6.47. The Hall–Kier alpha value is -6.72. The Morgan fingerprint density at radius 2 is 0.966 bits per heavy atom. The molecule has 1 saturated heterocycles. The Bertz CT molecular complexity index is 2390. The third-order valence-electron chi connectivity index (χ3n) is 10.9. The maximum absolute atomic E-state index is 18.0. The summed E-state index contributed by atoms with van der Waals surface area (Å²) in [5.41, 5.74) is 15.5. The summed E-state index contributed by atoms with van der Waals surface area (Å²) in [4.78, 5) is 12.9. The average Bonchev–Trinajstić information content (AvgIpc) is 3.84. The van der Waals surface area contributed by atoms with Crippen LogP contribution in [-0.2, 0) is 25.4 Å². The van der Waals surface area contributed by atoms with Gasteiger partial charge in [-0.05, 0) is 33.4 Å². The monoisotopic (exact) mass is 768 g/mol. The molecular weight excluding hydrogens is 728 g/mol. The summed E-state index contributed by atoms with van der Waals surface area (Å²) in [5.74, 6) is 0.0133. The van der Waals surface area contributed by atoms with Crippen molar-refractivity contribution in [1.82, 2.24) is 19.5 Å². The van der Waals surface area contributed by atoms with Crippen molar-refractivity contribution in [3.8, 4) is 0 Å². The molecule has 288 valence electrons. The smallest absolute Gasteiger partial charge is 0.224 e. The van der Waals surface area contributed by atoms with Crippen LogP contribution in [0.2, 0.25) is 0 Å². The van der Waals surface area contributed by atoms with Crippen molar-refractivity contribution in [2.75, 3.05) is 18.1 Å². The Labute approximate surface area is 335 Å². The predicted molar refractivity (Wildman–Crippen MR) is 222 cm³/mol. The van der Waals surface area contributed by atoms with Gasteiger partial charge in [-0.25, -0.2) is 9.37 Å². The van der Waals surface area contributed by atoms with Crippen LogP contribution in [-0.4, -0.2) is 44.5 Å². The second-order valence-corrected chi connectivity index (χ2v) is 14.3. The Kier molecular flexibility index (Phi) is 9.97. The topological polar surface area (TPSA) is 123 Å². The largest absolute Gasteiger partial charge is 0.382 e. The highest BCUT2D eigenvalue weighted by molar-refractivity contribution is 5.82. The molecule has 4 N–H and O–H groups in total. The van der Waals surface area contributed by atoms with Gasteiger partial charge in [0.15, 0.2) is 23.9 Å². The van der Waals surface area contributed by atoms with Crippen LogP contribution in [0.5, 0.6) is 0 Å². The molecule has 1 aliphatic heterocycles. The van der Waals surface area contributed by atoms with Gasteiger partial charge in [-0.3, -0.25) is 4.57 Å². The molecule has 0 spiro atoms. The van der Waals surface area contributed by atoms with Gasteiger partial charge in [0, 0.05) is 0 Å². The number of rotatable bonds is 12. The second-order valence-electron chi connectivity index (χ2n) is 14.3. The molecule has 9 nitrogen and oxygen atoms in total. The first kappa shape index (κ1) is 36.9. The van der Waals surface area contributed by atoms with Crippen molar-refractivity contribution >= 4 is 22.9 Å². The first-order valence-electron chi connectivity index (χ1n) is 19.2. The molecule has 0 bridgehead atoms. The number of ether oxygens (including phenoxy) is 3. The number of nitrogens with two attached hydrogens (primary N) is 2. The van der Waals surface area contributed by atoms with Crippen LogP contribution in [0.3, 0.4) is 0 Å². The van der Waals surface area contributed by atoms with Crippen LogP contribution in [0.15, 0.2) is 188 Å². The molecule has 2 aromatic heterocycles. The van der Waals surface area contributed by atoms with Crippen LogP contribution in [0, 0.1) is 0 Å². The zero-order valence-electron chi connectivity index (χ0n) is 31.5. The second kappa shape index (κ2) is 15.7. The normalized spacial score (nSPS) is 18.4. The van der Waals surface area contributed by atoms with E-state index in [1.165, 1.54) is 10.9 Å². The SMILES string of the molecule is Nc1nc(N)c2ncn([C@@H]3O[C@H](COC(c4ccccc4)(c4ccccc4)c4ccccc4)[C@@H](OC(c4ccccc4)(c4ccccc4)c4ccccc4)[C@@H]3F)c2n1. The summed E-state index contributed by atoms with van der Waals surface area (Å²) in [6.07, 6.45) is -3.75. The van der Waals surface area contributed by atoms with E-state index in [1.54, 1.807) is 0 Å². The Morgan fingerprint density at radius 3 is 1.38 bits per heavy atom. The van der Waals surface area contributed by atoms with E-state index in [0.717, 1.165) is 33.4 Å². The molecule has 0 amide bonds. The molecule has 0 unspecified atom stereocenters. The fourth-order valence-electron chi connectivity index (χ4n) is 8.24. The summed E-state index contributed by atoms with van der Waals surface area (Å²) in [5, 5.41) is 0. The van der Waals surface area contributed by atoms with Crippen LogP contribution >= 0.6 is 0 Å². The standard InChI is InChI=1S/C48H41FN6O3/c49-40-42(58-48(36-25-13-4-14-26-36,37-27-15-5-16-28-37)38-29-17-6-18-30-38)39(57-45(40)55-32-52-41-43(50)53-46(51)54-44(41)55)31-56-47(33-19-7-1-8-20-33,34-21-9-2-10-22-34)35-23-11-3-12-24-35/h1-30,32,39-40,42,45H,31H2,(H4,50,51,53,54)/t39-,40+,42-,45-/m1/s1. The molecule has 9 rings (SSSR count). The van der Waals surface area contributed by atoms with E-state index in [0.29, 0.717) is 0 Å². The number of anilines is 2. The number of imidazole rings is 1. The van der Waals surface area contributed by atoms with Crippen LogP contribution in [0.4, 0.5) is 16.2 Å². The number of fused-ring (bicyclic) bond motifs is 1. The minimum Gasteiger partial charge on any atom is -0.382 e. The third-order valence-corrected chi connectivity index (χ3v) is 10.9. The molecular formula is C48H41FN6O3. The zero-order valence-corrected chi connectivity index (χ0v) is 31.5. The van der Waals surface area contributed by atoms with E-state index in [4.69, 9.17) is 25.7 Å². The summed E-state index contributed by atoms with van der Waals surface area (Å²) in [7, 11) is 0. The van der Waals surface area contributed by atoms with Gasteiger partial charge >= 0.3 is 0 Å². The Balaban J connectivity index is 1.22. The van der Waals surface area contributed by atoms with Crippen molar-refractivity contribution in [3.05, 3.63) is 222 Å². The highest BCUT2D eigenvalue weighted by Crippen LogP contribution is 2.47. The minimum atomic E-state index is -1.77. The van der Waals surface area contributed by atoms with Crippen molar-refractivity contribution in [3.63, 3.8) is 0 Å². The fraction of sp³-hybridized carbons (Fsp3) is 0.146. The first-order chi connectivity index (χ1) is 28.5. The number of hydrogen-bond donors (Lipinski definition) is 2. The van der Waals surface area contributed by atoms with Gasteiger partial charge in [0.1, 0.15) is 28.9 Å². The molecule has 4 atom stereocenters. The van der Waals surface area contributed by atoms with Crippen LogP contribution in [0.1, 0.15) is 39.6 Å². The van der Waals surface area contributed by atoms with Crippen molar-refractivity contribution < 1.29 is 18.6 Å². The lowest BCUT2D eigenvalue weighted by atomic mass is 9.79. The summed E-state index contributed by atoms with van der Waals surface area (Å²) in [6, 6.07) is 59.7. The van der Waals surface area contributed by atoms with Gasteiger partial charge in [0.05, 0.1) is 12.9 Å². The van der Waals surface area contributed by atoms with Crippen LogP contribution in [0.25, 0.3) is 11.2 Å². The van der Waals surface area contributed by atoms with Gasteiger partial charge < -0.3 is 25.7 Å². The lowest BCUT2D eigenvalue weighted by molar-refractivity contribution is -0.128.